The molecule has 1 unspecified atom stereocenters. The first-order chi connectivity index (χ1) is 11.1. The Bertz CT molecular complexity index is 695. The van der Waals surface area contributed by atoms with Gasteiger partial charge in [-0.1, -0.05) is 0 Å². The Morgan fingerprint density at radius 3 is 3.00 bits per heavy atom. The molecule has 1 amide bonds. The SMILES string of the molecule is Cc1ccncc1/C=C/C(=O)N1CCN(C)C(c2ncc[nH]2)C1. The zero-order chi connectivity index (χ0) is 16.2. The molecule has 0 spiro atoms. The van der Waals surface area contributed by atoms with E-state index in [0.29, 0.717) is 6.54 Å². The van der Waals surface area contributed by atoms with Gasteiger partial charge in [-0.2, -0.15) is 0 Å². The molecule has 1 aliphatic rings. The highest BCUT2D eigenvalue weighted by molar-refractivity contribution is 5.92. The second-order valence-corrected chi connectivity index (χ2v) is 5.82. The van der Waals surface area contributed by atoms with Crippen LogP contribution in [0.15, 0.2) is 36.9 Å². The highest BCUT2D eigenvalue weighted by Crippen LogP contribution is 2.21. The fraction of sp³-hybridized carbons (Fsp3) is 0.353. The van der Waals surface area contributed by atoms with Crippen molar-refractivity contribution in [1.29, 1.82) is 0 Å². The minimum Gasteiger partial charge on any atom is -0.347 e. The van der Waals surface area contributed by atoms with E-state index in [1.54, 1.807) is 24.7 Å². The quantitative estimate of drug-likeness (QED) is 0.875. The Hall–Kier alpha value is -2.47. The van der Waals surface area contributed by atoms with Crippen LogP contribution in [0.25, 0.3) is 6.08 Å². The van der Waals surface area contributed by atoms with E-state index in [2.05, 4.69) is 26.9 Å². The molecule has 0 bridgehead atoms. The summed E-state index contributed by atoms with van der Waals surface area (Å²) in [4.78, 5) is 28.1. The van der Waals surface area contributed by atoms with Crippen molar-refractivity contribution in [1.82, 2.24) is 24.8 Å². The summed E-state index contributed by atoms with van der Waals surface area (Å²) in [6.45, 7) is 4.20. The molecule has 1 fully saturated rings. The Morgan fingerprint density at radius 1 is 1.39 bits per heavy atom. The Labute approximate surface area is 135 Å². The summed E-state index contributed by atoms with van der Waals surface area (Å²) in [5.74, 6) is 0.926. The summed E-state index contributed by atoms with van der Waals surface area (Å²) in [6.07, 6.45) is 10.6. The van der Waals surface area contributed by atoms with Crippen molar-refractivity contribution in [2.24, 2.45) is 0 Å². The molecular formula is C17H21N5O. The number of carbonyl (C=O) groups excluding carboxylic acids is 1. The van der Waals surface area contributed by atoms with Crippen molar-refractivity contribution >= 4 is 12.0 Å². The van der Waals surface area contributed by atoms with Gasteiger partial charge in [-0.25, -0.2) is 4.98 Å². The van der Waals surface area contributed by atoms with E-state index < -0.39 is 0 Å². The van der Waals surface area contributed by atoms with Crippen LogP contribution >= 0.6 is 0 Å². The van der Waals surface area contributed by atoms with Gasteiger partial charge in [0.15, 0.2) is 0 Å². The number of aryl methyl sites for hydroxylation is 1. The summed E-state index contributed by atoms with van der Waals surface area (Å²) in [5, 5.41) is 0. The number of carbonyl (C=O) groups is 1. The number of likely N-dealkylation sites (N-methyl/N-ethyl adjacent to an activating group) is 1. The maximum atomic E-state index is 12.5. The number of amides is 1. The highest BCUT2D eigenvalue weighted by atomic mass is 16.2. The van der Waals surface area contributed by atoms with Gasteiger partial charge in [0.05, 0.1) is 6.04 Å². The monoisotopic (exact) mass is 311 g/mol. The lowest BCUT2D eigenvalue weighted by Gasteiger charge is -2.38. The number of pyridine rings is 1. The lowest BCUT2D eigenvalue weighted by Crippen LogP contribution is -2.48. The molecule has 2 aromatic rings. The largest absolute Gasteiger partial charge is 0.347 e. The summed E-state index contributed by atoms with van der Waals surface area (Å²) in [5.41, 5.74) is 2.08. The first kappa shape index (κ1) is 15.4. The predicted octanol–water partition coefficient (Wildman–Crippen LogP) is 1.64. The number of nitrogens with zero attached hydrogens (tertiary/aromatic N) is 4. The van der Waals surface area contributed by atoms with Crippen molar-refractivity contribution < 1.29 is 4.79 Å². The normalized spacial score (nSPS) is 19.4. The highest BCUT2D eigenvalue weighted by Gasteiger charge is 2.28. The van der Waals surface area contributed by atoms with Crippen molar-refractivity contribution in [3.8, 4) is 0 Å². The Morgan fingerprint density at radius 2 is 2.26 bits per heavy atom. The minimum atomic E-state index is 0.0258. The number of hydrogen-bond donors (Lipinski definition) is 1. The third-order valence-corrected chi connectivity index (χ3v) is 4.28. The van der Waals surface area contributed by atoms with Gasteiger partial charge in [0.25, 0.3) is 0 Å². The van der Waals surface area contributed by atoms with Crippen LogP contribution in [-0.2, 0) is 4.79 Å². The summed E-state index contributed by atoms with van der Waals surface area (Å²) < 4.78 is 0. The van der Waals surface area contributed by atoms with E-state index in [0.717, 1.165) is 30.0 Å². The van der Waals surface area contributed by atoms with Gasteiger partial charge in [-0.15, -0.1) is 0 Å². The van der Waals surface area contributed by atoms with Crippen LogP contribution in [-0.4, -0.2) is 57.3 Å². The fourth-order valence-corrected chi connectivity index (χ4v) is 2.75. The van der Waals surface area contributed by atoms with Crippen molar-refractivity contribution in [2.45, 2.75) is 13.0 Å². The average Bonchev–Trinajstić information content (AvgIpc) is 3.08. The van der Waals surface area contributed by atoms with Crippen LogP contribution in [0.1, 0.15) is 23.0 Å². The van der Waals surface area contributed by atoms with Crippen molar-refractivity contribution in [3.63, 3.8) is 0 Å². The topological polar surface area (TPSA) is 65.1 Å². The van der Waals surface area contributed by atoms with Gasteiger partial charge in [0.2, 0.25) is 5.91 Å². The molecule has 6 nitrogen and oxygen atoms in total. The van der Waals surface area contributed by atoms with Crippen LogP contribution in [0.4, 0.5) is 0 Å². The third-order valence-electron chi connectivity index (χ3n) is 4.28. The maximum absolute atomic E-state index is 12.5. The van der Waals surface area contributed by atoms with Crippen molar-refractivity contribution in [2.75, 3.05) is 26.7 Å². The smallest absolute Gasteiger partial charge is 0.246 e. The van der Waals surface area contributed by atoms with Crippen LogP contribution in [0.5, 0.6) is 0 Å². The minimum absolute atomic E-state index is 0.0258. The lowest BCUT2D eigenvalue weighted by molar-refractivity contribution is -0.128. The molecular weight excluding hydrogens is 290 g/mol. The molecule has 0 saturated carbocycles. The second-order valence-electron chi connectivity index (χ2n) is 5.82. The number of rotatable bonds is 3. The first-order valence-corrected chi connectivity index (χ1v) is 7.72. The molecule has 1 N–H and O–H groups in total. The molecule has 0 aromatic carbocycles. The van der Waals surface area contributed by atoms with E-state index in [1.165, 1.54) is 0 Å². The number of piperazine rings is 1. The van der Waals surface area contributed by atoms with E-state index in [4.69, 9.17) is 0 Å². The molecule has 6 heteroatoms. The Kier molecular flexibility index (Phi) is 4.52. The first-order valence-electron chi connectivity index (χ1n) is 7.72. The van der Waals surface area contributed by atoms with E-state index in [-0.39, 0.29) is 11.9 Å². The average molecular weight is 311 g/mol. The number of imidazole rings is 1. The maximum Gasteiger partial charge on any atom is 0.246 e. The van der Waals surface area contributed by atoms with Gasteiger partial charge >= 0.3 is 0 Å². The standard InChI is InChI=1S/C17H21N5O/c1-13-5-6-18-11-14(13)3-4-16(23)22-10-9-21(2)15(12-22)17-19-7-8-20-17/h3-8,11,15H,9-10,12H2,1-2H3,(H,19,20)/b4-3+. The van der Waals surface area contributed by atoms with Gasteiger partial charge in [0.1, 0.15) is 5.82 Å². The van der Waals surface area contributed by atoms with Crippen LogP contribution in [0.2, 0.25) is 0 Å². The Balaban J connectivity index is 1.69. The zero-order valence-corrected chi connectivity index (χ0v) is 13.4. The molecule has 0 aliphatic carbocycles. The van der Waals surface area contributed by atoms with Gasteiger partial charge in [-0.3, -0.25) is 14.7 Å². The molecule has 1 saturated heterocycles. The molecule has 3 rings (SSSR count). The molecule has 2 aromatic heterocycles. The van der Waals surface area contributed by atoms with Gasteiger partial charge < -0.3 is 9.88 Å². The van der Waals surface area contributed by atoms with Crippen LogP contribution in [0, 0.1) is 6.92 Å². The molecule has 0 radical (unpaired) electrons. The molecule has 23 heavy (non-hydrogen) atoms. The van der Waals surface area contributed by atoms with E-state index in [9.17, 15) is 4.79 Å². The fourth-order valence-electron chi connectivity index (χ4n) is 2.75. The summed E-state index contributed by atoms with van der Waals surface area (Å²) in [6, 6.07) is 2.05. The number of hydrogen-bond acceptors (Lipinski definition) is 4. The number of aromatic nitrogens is 3. The third kappa shape index (κ3) is 3.48. The second kappa shape index (κ2) is 6.75. The number of H-pyrrole nitrogens is 1. The van der Waals surface area contributed by atoms with Crippen LogP contribution < -0.4 is 0 Å². The zero-order valence-electron chi connectivity index (χ0n) is 13.4. The molecule has 3 heterocycles. The van der Waals surface area contributed by atoms with E-state index >= 15 is 0 Å². The van der Waals surface area contributed by atoms with Gasteiger partial charge in [-0.05, 0) is 37.2 Å². The molecule has 1 atom stereocenters. The van der Waals surface area contributed by atoms with Crippen LogP contribution in [0.3, 0.4) is 0 Å². The molecule has 120 valence electrons. The van der Waals surface area contributed by atoms with Crippen molar-refractivity contribution in [3.05, 3.63) is 53.9 Å². The van der Waals surface area contributed by atoms with Gasteiger partial charge in [0, 0.05) is 50.5 Å². The predicted molar refractivity (Wildman–Crippen MR) is 88.5 cm³/mol. The number of nitrogens with one attached hydrogen (secondary N) is 1. The van der Waals surface area contributed by atoms with E-state index in [1.807, 2.05) is 30.2 Å². The number of aromatic amines is 1. The molecule has 1 aliphatic heterocycles. The summed E-state index contributed by atoms with van der Waals surface area (Å²) in [7, 11) is 2.06. The lowest BCUT2D eigenvalue weighted by atomic mass is 10.1. The summed E-state index contributed by atoms with van der Waals surface area (Å²) >= 11 is 0.